The molecule has 0 aromatic heterocycles. The first-order valence-corrected chi connectivity index (χ1v) is 8.84. The molecule has 27 heavy (non-hydrogen) atoms. The highest BCUT2D eigenvalue weighted by Crippen LogP contribution is 2.26. The smallest absolute Gasteiger partial charge is 0.339 e. The summed E-state index contributed by atoms with van der Waals surface area (Å²) < 4.78 is 5.56. The Morgan fingerprint density at radius 1 is 1.33 bits per heavy atom. The first-order chi connectivity index (χ1) is 12.8. The summed E-state index contributed by atoms with van der Waals surface area (Å²) in [6.45, 7) is 4.50. The van der Waals surface area contributed by atoms with Crippen molar-refractivity contribution in [2.45, 2.75) is 20.0 Å². The molecule has 0 aliphatic carbocycles. The van der Waals surface area contributed by atoms with Gasteiger partial charge in [0.25, 0.3) is 5.91 Å². The molecule has 1 aliphatic rings. The zero-order valence-corrected chi connectivity index (χ0v) is 16.3. The van der Waals surface area contributed by atoms with Gasteiger partial charge in [-0.3, -0.25) is 10.2 Å². The van der Waals surface area contributed by atoms with Crippen molar-refractivity contribution in [1.82, 2.24) is 15.3 Å². The quantitative estimate of drug-likeness (QED) is 0.731. The minimum absolute atomic E-state index is 0.0319. The molecule has 144 valence electrons. The summed E-state index contributed by atoms with van der Waals surface area (Å²) in [5.41, 5.74) is 3.87. The largest absolute Gasteiger partial charge is 0.489 e. The molecule has 2 rings (SSSR count). The number of nitrogens with one attached hydrogen (secondary N) is 2. The van der Waals surface area contributed by atoms with Crippen LogP contribution in [0.4, 0.5) is 4.79 Å². The lowest BCUT2D eigenvalue weighted by Gasteiger charge is -2.34. The highest BCUT2D eigenvalue weighted by atomic mass is 35.5. The summed E-state index contributed by atoms with van der Waals surface area (Å²) in [5, 5.41) is 8.58. The summed E-state index contributed by atoms with van der Waals surface area (Å²) in [7, 11) is 1.66. The first-order valence-electron chi connectivity index (χ1n) is 8.46. The molecule has 1 aromatic rings. The van der Waals surface area contributed by atoms with Crippen LogP contribution in [0.2, 0.25) is 5.02 Å². The molecule has 1 aromatic carbocycles. The number of benzene rings is 1. The standard InChI is InChI=1S/C19H23ClN4O3/c1-13(2)27-17-8-7-15(10-16(17)20)18(25)22-24-12-14(6-4-5-9-21)11-23(3)19(24)26/h4-10,13,21H,11-12H2,1-3H3,(H,22,25)/b5-4-,14-6+,21-9?. The number of ether oxygens (including phenoxy) is 1. The van der Waals surface area contributed by atoms with Crippen LogP contribution in [0.1, 0.15) is 24.2 Å². The van der Waals surface area contributed by atoms with Crippen molar-refractivity contribution in [1.29, 1.82) is 5.41 Å². The van der Waals surface area contributed by atoms with E-state index in [4.69, 9.17) is 21.7 Å². The maximum atomic E-state index is 12.5. The van der Waals surface area contributed by atoms with Crippen LogP contribution in [-0.4, -0.2) is 54.3 Å². The molecule has 0 saturated carbocycles. The van der Waals surface area contributed by atoms with Crippen molar-refractivity contribution in [2.75, 3.05) is 20.1 Å². The van der Waals surface area contributed by atoms with E-state index in [-0.39, 0.29) is 18.7 Å². The van der Waals surface area contributed by atoms with Gasteiger partial charge in [-0.25, -0.2) is 9.80 Å². The lowest BCUT2D eigenvalue weighted by molar-refractivity contribution is 0.0781. The molecule has 1 heterocycles. The Kier molecular flexibility index (Phi) is 7.01. The van der Waals surface area contributed by atoms with Gasteiger partial charge in [-0.2, -0.15) is 0 Å². The normalized spacial score (nSPS) is 16.3. The molecule has 1 aliphatic heterocycles. The van der Waals surface area contributed by atoms with Gasteiger partial charge in [-0.1, -0.05) is 23.8 Å². The van der Waals surface area contributed by atoms with E-state index in [1.165, 1.54) is 22.2 Å². The minimum atomic E-state index is -0.439. The molecule has 1 fully saturated rings. The van der Waals surface area contributed by atoms with Crippen LogP contribution >= 0.6 is 11.6 Å². The van der Waals surface area contributed by atoms with Gasteiger partial charge in [-0.15, -0.1) is 0 Å². The van der Waals surface area contributed by atoms with E-state index in [0.717, 1.165) is 5.57 Å². The van der Waals surface area contributed by atoms with Crippen LogP contribution in [0.5, 0.6) is 5.75 Å². The number of nitrogens with zero attached hydrogens (tertiary/aromatic N) is 2. The molecule has 8 heteroatoms. The fraction of sp³-hybridized carbons (Fsp3) is 0.316. The van der Waals surface area contributed by atoms with Crippen molar-refractivity contribution in [3.8, 4) is 5.75 Å². The summed E-state index contributed by atoms with van der Waals surface area (Å²) >= 11 is 6.18. The van der Waals surface area contributed by atoms with E-state index in [9.17, 15) is 9.59 Å². The number of amides is 3. The van der Waals surface area contributed by atoms with Crippen molar-refractivity contribution >= 4 is 29.8 Å². The van der Waals surface area contributed by atoms with Gasteiger partial charge >= 0.3 is 6.03 Å². The minimum Gasteiger partial charge on any atom is -0.489 e. The first kappa shape index (κ1) is 20.5. The van der Waals surface area contributed by atoms with E-state index in [1.54, 1.807) is 31.3 Å². The summed E-state index contributed by atoms with van der Waals surface area (Å²) in [6, 6.07) is 4.44. The average molecular weight is 391 g/mol. The molecule has 3 amide bonds. The molecule has 0 atom stereocenters. The third-order valence-corrected chi connectivity index (χ3v) is 3.99. The van der Waals surface area contributed by atoms with Crippen molar-refractivity contribution in [3.63, 3.8) is 0 Å². The summed E-state index contributed by atoms with van der Waals surface area (Å²) in [4.78, 5) is 26.4. The molecular weight excluding hydrogens is 368 g/mol. The lowest BCUT2D eigenvalue weighted by Crippen LogP contribution is -2.56. The number of rotatable bonds is 6. The second kappa shape index (κ2) is 9.23. The Bertz CT molecular complexity index is 789. The number of hydrazine groups is 1. The van der Waals surface area contributed by atoms with Gasteiger partial charge in [0.2, 0.25) is 0 Å². The molecular formula is C19H23ClN4O3. The fourth-order valence-corrected chi connectivity index (χ4v) is 2.74. The van der Waals surface area contributed by atoms with Gasteiger partial charge in [-0.05, 0) is 43.7 Å². The summed E-state index contributed by atoms with van der Waals surface area (Å²) in [5.74, 6) is 0.0613. The molecule has 0 radical (unpaired) electrons. The Morgan fingerprint density at radius 3 is 2.70 bits per heavy atom. The second-order valence-electron chi connectivity index (χ2n) is 6.35. The molecule has 7 nitrogen and oxygen atoms in total. The van der Waals surface area contributed by atoms with E-state index in [1.807, 2.05) is 19.9 Å². The number of likely N-dealkylation sites (N-methyl/N-ethyl adjacent to an activating group) is 1. The highest BCUT2D eigenvalue weighted by Gasteiger charge is 2.27. The number of carbonyl (C=O) groups excluding carboxylic acids is 2. The highest BCUT2D eigenvalue weighted by molar-refractivity contribution is 6.32. The van der Waals surface area contributed by atoms with E-state index in [0.29, 0.717) is 22.9 Å². The topological polar surface area (TPSA) is 85.7 Å². The number of halogens is 1. The second-order valence-corrected chi connectivity index (χ2v) is 6.76. The Balaban J connectivity index is 2.12. The van der Waals surface area contributed by atoms with E-state index >= 15 is 0 Å². The van der Waals surface area contributed by atoms with Crippen LogP contribution in [0, 0.1) is 5.41 Å². The lowest BCUT2D eigenvalue weighted by atomic mass is 10.2. The maximum Gasteiger partial charge on any atom is 0.339 e. The maximum absolute atomic E-state index is 12.5. The predicted octanol–water partition coefficient (Wildman–Crippen LogP) is 3.27. The number of hydrogen-bond acceptors (Lipinski definition) is 4. The summed E-state index contributed by atoms with van der Waals surface area (Å²) in [6.07, 6.45) is 6.26. The fourth-order valence-electron chi connectivity index (χ4n) is 2.52. The van der Waals surface area contributed by atoms with Crippen LogP contribution in [0.15, 0.2) is 42.0 Å². The molecule has 0 unspecified atom stereocenters. The zero-order chi connectivity index (χ0) is 20.0. The Labute approximate surface area is 163 Å². The van der Waals surface area contributed by atoms with Gasteiger partial charge < -0.3 is 15.0 Å². The number of urea groups is 1. The molecule has 0 spiro atoms. The third-order valence-electron chi connectivity index (χ3n) is 3.69. The molecule has 0 bridgehead atoms. The van der Waals surface area contributed by atoms with Crippen LogP contribution in [0.25, 0.3) is 0 Å². The van der Waals surface area contributed by atoms with E-state index < -0.39 is 5.91 Å². The van der Waals surface area contributed by atoms with Crippen LogP contribution in [0.3, 0.4) is 0 Å². The van der Waals surface area contributed by atoms with Crippen LogP contribution in [-0.2, 0) is 0 Å². The monoisotopic (exact) mass is 390 g/mol. The average Bonchev–Trinajstić information content (AvgIpc) is 2.60. The third kappa shape index (κ3) is 5.59. The predicted molar refractivity (Wildman–Crippen MR) is 105 cm³/mol. The molecule has 1 saturated heterocycles. The van der Waals surface area contributed by atoms with Crippen LogP contribution < -0.4 is 10.2 Å². The molecule has 2 N–H and O–H groups in total. The SMILES string of the molecule is CC(C)Oc1ccc(C(=O)NN2C/C(=C/C=C\C=N)CN(C)C2=O)cc1Cl. The van der Waals surface area contributed by atoms with Crippen molar-refractivity contribution < 1.29 is 14.3 Å². The van der Waals surface area contributed by atoms with Crippen molar-refractivity contribution in [3.05, 3.63) is 52.6 Å². The number of allylic oxidation sites excluding steroid dienone is 3. The Morgan fingerprint density at radius 2 is 2.07 bits per heavy atom. The van der Waals surface area contributed by atoms with E-state index in [2.05, 4.69) is 5.43 Å². The number of carbonyl (C=O) groups is 2. The van der Waals surface area contributed by atoms with Crippen molar-refractivity contribution in [2.24, 2.45) is 0 Å². The van der Waals surface area contributed by atoms with Gasteiger partial charge in [0, 0.05) is 25.4 Å². The number of hydrogen-bond donors (Lipinski definition) is 2. The van der Waals surface area contributed by atoms with Gasteiger partial charge in [0.15, 0.2) is 0 Å². The zero-order valence-electron chi connectivity index (χ0n) is 15.5. The van der Waals surface area contributed by atoms with Gasteiger partial charge in [0.05, 0.1) is 17.7 Å². The van der Waals surface area contributed by atoms with Gasteiger partial charge in [0.1, 0.15) is 5.75 Å². The Hall–Kier alpha value is -2.80.